The van der Waals surface area contributed by atoms with Gasteiger partial charge in [0.1, 0.15) is 22.8 Å². The molecule has 0 spiro atoms. The lowest BCUT2D eigenvalue weighted by atomic mass is 9.99. The number of benzene rings is 2. The molecule has 13 nitrogen and oxygen atoms in total. The Morgan fingerprint density at radius 2 is 1.63 bits per heavy atom. The highest BCUT2D eigenvalue weighted by atomic mass is 32.2. The second-order valence-corrected chi connectivity index (χ2v) is 14.9. The van der Waals surface area contributed by atoms with Gasteiger partial charge in [-0.1, -0.05) is 13.8 Å². The number of aromatic nitrogens is 4. The third-order valence-corrected chi connectivity index (χ3v) is 11.0. The average molecular weight is 689 g/mol. The van der Waals surface area contributed by atoms with E-state index < -0.39 is 10.0 Å². The number of piperazine rings is 1. The largest absolute Gasteiger partial charge is 0.494 e. The van der Waals surface area contributed by atoms with Gasteiger partial charge in [-0.05, 0) is 56.5 Å². The first-order valence-corrected chi connectivity index (χ1v) is 18.9. The minimum atomic E-state index is -3.60. The summed E-state index contributed by atoms with van der Waals surface area (Å²) < 4.78 is 32.5. The van der Waals surface area contributed by atoms with E-state index in [9.17, 15) is 8.42 Å². The van der Waals surface area contributed by atoms with Gasteiger partial charge in [0.05, 0.1) is 30.3 Å². The van der Waals surface area contributed by atoms with Crippen molar-refractivity contribution in [1.82, 2.24) is 29.7 Å². The van der Waals surface area contributed by atoms with Gasteiger partial charge in [0.2, 0.25) is 16.0 Å². The number of nitrogens with zero attached hydrogens (tertiary/aromatic N) is 8. The lowest BCUT2D eigenvalue weighted by Crippen LogP contribution is -2.52. The SMILES string of the molecule is CCc1cc(Nc2ncc(CC)c(Nc3ccc4nccnc4c3N(C)S(C)(=O)=O)n2)c(OC)cc1N1CCC(N2CCN(C)CC2)CC1. The van der Waals surface area contributed by atoms with Crippen molar-refractivity contribution in [1.29, 1.82) is 0 Å². The van der Waals surface area contributed by atoms with Crippen molar-refractivity contribution in [2.75, 3.05) is 86.6 Å². The second-order valence-electron chi connectivity index (χ2n) is 12.9. The zero-order valence-electron chi connectivity index (χ0n) is 29.4. The molecule has 0 aliphatic carbocycles. The van der Waals surface area contributed by atoms with Crippen molar-refractivity contribution in [3.8, 4) is 5.75 Å². The first-order chi connectivity index (χ1) is 23.6. The molecule has 2 N–H and O–H groups in total. The van der Waals surface area contributed by atoms with Crippen LogP contribution in [-0.4, -0.2) is 111 Å². The van der Waals surface area contributed by atoms with Crippen LogP contribution in [0.25, 0.3) is 11.0 Å². The lowest BCUT2D eigenvalue weighted by Gasteiger charge is -2.43. The number of anilines is 6. The fourth-order valence-corrected chi connectivity index (χ4v) is 7.32. The van der Waals surface area contributed by atoms with Gasteiger partial charge < -0.3 is 25.2 Å². The zero-order valence-corrected chi connectivity index (χ0v) is 30.2. The monoisotopic (exact) mass is 688 g/mol. The molecule has 0 saturated carbocycles. The quantitative estimate of drug-likeness (QED) is 0.227. The number of nitrogens with one attached hydrogen (secondary N) is 2. The van der Waals surface area contributed by atoms with E-state index in [4.69, 9.17) is 9.72 Å². The van der Waals surface area contributed by atoms with Crippen LogP contribution in [0, 0.1) is 0 Å². The summed E-state index contributed by atoms with van der Waals surface area (Å²) in [7, 11) is 1.80. The van der Waals surface area contributed by atoms with Crippen LogP contribution in [0.2, 0.25) is 0 Å². The lowest BCUT2D eigenvalue weighted by molar-refractivity contribution is 0.0982. The maximum atomic E-state index is 12.7. The number of sulfonamides is 1. The molecule has 2 fully saturated rings. The summed E-state index contributed by atoms with van der Waals surface area (Å²) in [6.45, 7) is 10.9. The fourth-order valence-electron chi connectivity index (χ4n) is 6.81. The maximum Gasteiger partial charge on any atom is 0.232 e. The molecular formula is C35H48N10O3S. The van der Waals surface area contributed by atoms with Crippen molar-refractivity contribution in [3.05, 3.63) is 54.0 Å². The normalized spacial score (nSPS) is 16.6. The van der Waals surface area contributed by atoms with Crippen LogP contribution in [-0.2, 0) is 22.9 Å². The van der Waals surface area contributed by atoms with E-state index in [1.54, 1.807) is 31.8 Å². The third-order valence-electron chi connectivity index (χ3n) is 9.81. The Balaban J connectivity index is 1.26. The summed E-state index contributed by atoms with van der Waals surface area (Å²) in [6, 6.07) is 8.54. The summed E-state index contributed by atoms with van der Waals surface area (Å²) in [5, 5.41) is 6.79. The standard InChI is InChI=1S/C35H48N10O3S/c1-7-24-21-29(31(48-5)22-30(24)45-15-11-26(12-16-45)44-19-17-42(3)18-20-44)40-35-38-23-25(8-2)34(41-35)39-28-10-9-27-32(37-14-13-36-27)33(28)43(4)49(6,46)47/h9-10,13-14,21-23,26H,7-8,11-12,15-20H2,1-6H3,(H2,38,39,40,41). The molecule has 0 unspecified atom stereocenters. The van der Waals surface area contributed by atoms with Gasteiger partial charge >= 0.3 is 0 Å². The van der Waals surface area contributed by atoms with E-state index in [0.29, 0.717) is 46.6 Å². The van der Waals surface area contributed by atoms with Crippen molar-refractivity contribution in [3.63, 3.8) is 0 Å². The van der Waals surface area contributed by atoms with Crippen LogP contribution in [0.5, 0.6) is 5.75 Å². The number of ether oxygens (including phenoxy) is 1. The molecule has 0 bridgehead atoms. The number of piperidine rings is 1. The Labute approximate surface area is 289 Å². The van der Waals surface area contributed by atoms with Crippen molar-refractivity contribution >= 4 is 55.6 Å². The number of methoxy groups -OCH3 is 1. The molecule has 0 radical (unpaired) electrons. The van der Waals surface area contributed by atoms with Gasteiger partial charge in [0.15, 0.2) is 0 Å². The highest BCUT2D eigenvalue weighted by Crippen LogP contribution is 2.38. The Morgan fingerprint density at radius 3 is 2.31 bits per heavy atom. The summed E-state index contributed by atoms with van der Waals surface area (Å²) >= 11 is 0. The molecule has 14 heteroatoms. The number of aryl methyl sites for hydroxylation is 2. The molecule has 0 atom stereocenters. The molecule has 2 aromatic carbocycles. The van der Waals surface area contributed by atoms with Crippen molar-refractivity contribution in [2.24, 2.45) is 0 Å². The van der Waals surface area contributed by atoms with E-state index in [-0.39, 0.29) is 0 Å². The summed E-state index contributed by atoms with van der Waals surface area (Å²) in [5.74, 6) is 1.66. The minimum absolute atomic E-state index is 0.388. The van der Waals surface area contributed by atoms with Gasteiger partial charge in [0, 0.05) is 88.3 Å². The minimum Gasteiger partial charge on any atom is -0.494 e. The Bertz CT molecular complexity index is 1890. The van der Waals surface area contributed by atoms with Crippen LogP contribution < -0.4 is 24.6 Å². The summed E-state index contributed by atoms with van der Waals surface area (Å²) in [4.78, 5) is 25.9. The summed E-state index contributed by atoms with van der Waals surface area (Å²) in [6.07, 6.45) is 9.94. The maximum absolute atomic E-state index is 12.7. The van der Waals surface area contributed by atoms with E-state index in [1.165, 1.54) is 22.6 Å². The van der Waals surface area contributed by atoms with Gasteiger partial charge in [-0.15, -0.1) is 0 Å². The molecule has 4 heterocycles. The Kier molecular flexibility index (Phi) is 10.4. The van der Waals surface area contributed by atoms with Gasteiger partial charge in [-0.3, -0.25) is 19.2 Å². The molecule has 6 rings (SSSR count). The first kappa shape index (κ1) is 34.6. The molecule has 4 aromatic rings. The zero-order chi connectivity index (χ0) is 34.7. The number of likely N-dealkylation sites (N-methyl/N-ethyl adjacent to an activating group) is 1. The Morgan fingerprint density at radius 1 is 0.918 bits per heavy atom. The molecule has 2 aliphatic rings. The predicted octanol–water partition coefficient (Wildman–Crippen LogP) is 4.65. The van der Waals surface area contributed by atoms with E-state index in [1.807, 2.05) is 13.0 Å². The third kappa shape index (κ3) is 7.51. The number of rotatable bonds is 11. The molecule has 2 aliphatic heterocycles. The van der Waals surface area contributed by atoms with Crippen LogP contribution in [0.3, 0.4) is 0 Å². The first-order valence-electron chi connectivity index (χ1n) is 17.1. The molecular weight excluding hydrogens is 641 g/mol. The number of hydrogen-bond acceptors (Lipinski definition) is 12. The molecule has 49 heavy (non-hydrogen) atoms. The van der Waals surface area contributed by atoms with E-state index >= 15 is 0 Å². The number of fused-ring (bicyclic) bond motifs is 1. The van der Waals surface area contributed by atoms with Gasteiger partial charge in [-0.25, -0.2) is 13.4 Å². The highest BCUT2D eigenvalue weighted by Gasteiger charge is 2.28. The topological polar surface area (TPSA) is 132 Å². The number of hydrogen-bond donors (Lipinski definition) is 2. The van der Waals surface area contributed by atoms with Crippen LogP contribution in [0.4, 0.5) is 34.5 Å². The van der Waals surface area contributed by atoms with Crippen LogP contribution in [0.1, 0.15) is 37.8 Å². The van der Waals surface area contributed by atoms with Crippen molar-refractivity contribution in [2.45, 2.75) is 45.6 Å². The Hall–Kier alpha value is -4.27. The van der Waals surface area contributed by atoms with Gasteiger partial charge in [0.25, 0.3) is 0 Å². The highest BCUT2D eigenvalue weighted by molar-refractivity contribution is 7.92. The average Bonchev–Trinajstić information content (AvgIpc) is 3.11. The van der Waals surface area contributed by atoms with Crippen molar-refractivity contribution < 1.29 is 13.2 Å². The van der Waals surface area contributed by atoms with E-state index in [2.05, 4.69) is 66.4 Å². The van der Waals surface area contributed by atoms with Crippen LogP contribution >= 0.6 is 0 Å². The molecule has 2 aromatic heterocycles. The smallest absolute Gasteiger partial charge is 0.232 e. The molecule has 2 saturated heterocycles. The second kappa shape index (κ2) is 14.7. The van der Waals surface area contributed by atoms with Gasteiger partial charge in [-0.2, -0.15) is 4.98 Å². The van der Waals surface area contributed by atoms with E-state index in [0.717, 1.165) is 81.8 Å². The van der Waals surface area contributed by atoms with Crippen LogP contribution in [0.15, 0.2) is 42.9 Å². The molecule has 0 amide bonds. The molecule has 262 valence electrons. The predicted molar refractivity (Wildman–Crippen MR) is 197 cm³/mol. The summed E-state index contributed by atoms with van der Waals surface area (Å²) in [5.41, 5.74) is 6.07. The fraction of sp³-hybridized carbons (Fsp3) is 0.486.